The van der Waals surface area contributed by atoms with E-state index in [-0.39, 0.29) is 16.7 Å². The molecule has 47 heavy (non-hydrogen) atoms. The highest BCUT2D eigenvalue weighted by Crippen LogP contribution is 2.75. The summed E-state index contributed by atoms with van der Waals surface area (Å²) in [5.74, 6) is 4.85. The molecule has 6 unspecified atom stereocenters. The Morgan fingerprint density at radius 2 is 1.70 bits per heavy atom. The molecule has 6 rings (SSSR count). The summed E-state index contributed by atoms with van der Waals surface area (Å²) in [4.78, 5) is 19.7. The van der Waals surface area contributed by atoms with Gasteiger partial charge in [0.1, 0.15) is 0 Å². The first-order valence-electron chi connectivity index (χ1n) is 19.4. The summed E-state index contributed by atoms with van der Waals surface area (Å²) in [6, 6.07) is 0. The number of allylic oxidation sites excluding steroid dienone is 2. The van der Waals surface area contributed by atoms with E-state index in [1.54, 1.807) is 5.57 Å². The number of amides is 1. The fourth-order valence-corrected chi connectivity index (χ4v) is 14.6. The molecular weight excluding hydrogens is 603 g/mol. The second-order valence-corrected chi connectivity index (χ2v) is 20.9. The van der Waals surface area contributed by atoms with Crippen molar-refractivity contribution < 1.29 is 13.8 Å². The molecule has 1 amide bonds. The van der Waals surface area contributed by atoms with E-state index >= 15 is 0 Å². The molecular formula is C40H69N3O3S. The molecule has 1 saturated heterocycles. The molecule has 0 aromatic heterocycles. The van der Waals surface area contributed by atoms with E-state index in [1.165, 1.54) is 71.3 Å². The van der Waals surface area contributed by atoms with Gasteiger partial charge in [-0.25, -0.2) is 5.48 Å². The summed E-state index contributed by atoms with van der Waals surface area (Å²) in [5, 5.41) is 4.24. The number of rotatable bonds is 10. The summed E-state index contributed by atoms with van der Waals surface area (Å²) in [5.41, 5.74) is 5.81. The summed E-state index contributed by atoms with van der Waals surface area (Å²) >= 11 is 0. The van der Waals surface area contributed by atoms with Gasteiger partial charge in [-0.3, -0.25) is 13.8 Å². The predicted octanol–water partition coefficient (Wildman–Crippen LogP) is 7.66. The highest BCUT2D eigenvalue weighted by molar-refractivity contribution is 7.85. The number of carbonyl (C=O) groups excluding carboxylic acids is 1. The lowest BCUT2D eigenvalue weighted by atomic mass is 9.33. The average Bonchev–Trinajstić information content (AvgIpc) is 3.42. The van der Waals surface area contributed by atoms with Gasteiger partial charge < -0.3 is 10.2 Å². The summed E-state index contributed by atoms with van der Waals surface area (Å²) < 4.78 is 11.9. The van der Waals surface area contributed by atoms with Gasteiger partial charge in [0.2, 0.25) is 5.91 Å². The number of hydrogen-bond acceptors (Lipinski definition) is 5. The highest BCUT2D eigenvalue weighted by Gasteiger charge is 2.69. The number of carbonyl (C=O) groups is 1. The van der Waals surface area contributed by atoms with Crippen molar-refractivity contribution in [1.29, 1.82) is 0 Å². The van der Waals surface area contributed by atoms with Crippen LogP contribution in [0, 0.1) is 50.7 Å². The van der Waals surface area contributed by atoms with Gasteiger partial charge in [-0.05, 0) is 121 Å². The summed E-state index contributed by atoms with van der Waals surface area (Å²) in [7, 11) is 0.918. The minimum Gasteiger partial charge on any atom is -0.310 e. The molecule has 0 spiro atoms. The maximum absolute atomic E-state index is 12.3. The van der Waals surface area contributed by atoms with Gasteiger partial charge in [0.25, 0.3) is 0 Å². The Morgan fingerprint density at radius 1 is 0.957 bits per heavy atom. The number of fused-ring (bicyclic) bond motifs is 7. The first-order valence-corrected chi connectivity index (χ1v) is 20.9. The normalized spacial score (nSPS) is 42.1. The number of hydrogen-bond donors (Lipinski definition) is 2. The van der Waals surface area contributed by atoms with Crippen LogP contribution in [-0.4, -0.2) is 65.3 Å². The quantitative estimate of drug-likeness (QED) is 0.184. The molecule has 0 aromatic rings. The van der Waals surface area contributed by atoms with Gasteiger partial charge in [-0.15, -0.1) is 0 Å². The predicted molar refractivity (Wildman–Crippen MR) is 194 cm³/mol. The van der Waals surface area contributed by atoms with E-state index in [0.29, 0.717) is 28.2 Å². The molecule has 0 aromatic carbocycles. The average molecular weight is 672 g/mol. The van der Waals surface area contributed by atoms with Gasteiger partial charge >= 0.3 is 0 Å². The summed E-state index contributed by atoms with van der Waals surface area (Å²) in [6.45, 7) is 22.0. The van der Waals surface area contributed by atoms with Crippen LogP contribution in [0.2, 0.25) is 0 Å². The number of nitrogens with zero attached hydrogens (tertiary/aromatic N) is 1. The molecule has 6 nitrogen and oxygen atoms in total. The topological polar surface area (TPSA) is 70.7 Å². The molecule has 5 fully saturated rings. The third-order valence-electron chi connectivity index (χ3n) is 16.2. The Labute approximate surface area is 290 Å². The number of nitrogens with one attached hydrogen (secondary N) is 2. The van der Waals surface area contributed by atoms with E-state index in [9.17, 15) is 9.00 Å². The SMILES string of the molecule is CONC(=O)CC(C)(C)CCC1=CCC2(C)C(CCC3(C)C2CCC2[C@H]4CCCC4(NCCN4CCS(=O)CC4)CC[C@]23C)C1(C)C. The molecule has 268 valence electrons. The van der Waals surface area contributed by atoms with Crippen LogP contribution in [0.3, 0.4) is 0 Å². The minimum absolute atomic E-state index is 0.0249. The monoisotopic (exact) mass is 672 g/mol. The third kappa shape index (κ3) is 6.26. The van der Waals surface area contributed by atoms with Crippen LogP contribution < -0.4 is 10.8 Å². The van der Waals surface area contributed by atoms with Crippen LogP contribution in [0.1, 0.15) is 132 Å². The standard InChI is InChI=1S/C40H69N3O3S/c1-35(2,28-34(44)42-46-8)17-13-29-14-18-37(5)32(36(29,3)4)15-19-39(7)33(37)12-11-30-31-10-9-16-40(31,21-20-38(30,39)6)41-22-23-43-24-26-47(45)27-25-43/h14,30-33,41H,9-13,15-28H2,1-8H3,(H,42,44)/t30?,31-,32?,33?,37?,38-,39?,40?/m1/s1. The van der Waals surface area contributed by atoms with E-state index in [0.717, 1.165) is 74.2 Å². The first-order chi connectivity index (χ1) is 22.1. The van der Waals surface area contributed by atoms with Crippen molar-refractivity contribution in [1.82, 2.24) is 15.7 Å². The van der Waals surface area contributed by atoms with Gasteiger partial charge in [0.05, 0.1) is 7.11 Å². The Kier molecular flexibility index (Phi) is 10.0. The van der Waals surface area contributed by atoms with Crippen molar-refractivity contribution in [3.8, 4) is 0 Å². The molecule has 2 N–H and O–H groups in total. The Hall–Kier alpha value is -0.760. The second kappa shape index (κ2) is 13.1. The molecule has 6 aliphatic rings. The molecule has 1 heterocycles. The second-order valence-electron chi connectivity index (χ2n) is 19.2. The highest BCUT2D eigenvalue weighted by atomic mass is 32.2. The zero-order valence-electron chi connectivity index (χ0n) is 31.4. The summed E-state index contributed by atoms with van der Waals surface area (Å²) in [6.07, 6.45) is 19.0. The van der Waals surface area contributed by atoms with E-state index < -0.39 is 10.8 Å². The van der Waals surface area contributed by atoms with Crippen molar-refractivity contribution in [2.45, 2.75) is 137 Å². The van der Waals surface area contributed by atoms with Gasteiger partial charge in [0, 0.05) is 60.4 Å². The lowest BCUT2D eigenvalue weighted by Crippen LogP contribution is -2.67. The lowest BCUT2D eigenvalue weighted by molar-refractivity contribution is -0.219. The number of hydroxylamine groups is 1. The van der Waals surface area contributed by atoms with Gasteiger partial charge in [-0.1, -0.05) is 66.5 Å². The van der Waals surface area contributed by atoms with Crippen LogP contribution in [0.15, 0.2) is 11.6 Å². The molecule has 0 radical (unpaired) electrons. The lowest BCUT2D eigenvalue weighted by Gasteiger charge is -2.72. The van der Waals surface area contributed by atoms with Gasteiger partial charge in [0.15, 0.2) is 0 Å². The molecule has 4 saturated carbocycles. The molecule has 8 atom stereocenters. The maximum atomic E-state index is 12.3. The largest absolute Gasteiger partial charge is 0.310 e. The van der Waals surface area contributed by atoms with Crippen molar-refractivity contribution >= 4 is 16.7 Å². The fourth-order valence-electron chi connectivity index (χ4n) is 13.5. The van der Waals surface area contributed by atoms with E-state index in [4.69, 9.17) is 4.84 Å². The van der Waals surface area contributed by atoms with Crippen molar-refractivity contribution in [3.63, 3.8) is 0 Å². The van der Waals surface area contributed by atoms with Gasteiger partial charge in [-0.2, -0.15) is 0 Å². The Balaban J connectivity index is 1.16. The van der Waals surface area contributed by atoms with E-state index in [1.807, 2.05) is 0 Å². The molecule has 1 aliphatic heterocycles. The Morgan fingerprint density at radius 3 is 2.43 bits per heavy atom. The van der Waals surface area contributed by atoms with Crippen molar-refractivity contribution in [2.24, 2.45) is 50.7 Å². The zero-order valence-corrected chi connectivity index (χ0v) is 32.2. The van der Waals surface area contributed by atoms with E-state index in [2.05, 4.69) is 70.2 Å². The molecule has 0 bridgehead atoms. The fraction of sp³-hybridized carbons (Fsp3) is 0.925. The minimum atomic E-state index is -0.594. The van der Waals surface area contributed by atoms with Crippen LogP contribution in [-0.2, 0) is 20.4 Å². The maximum Gasteiger partial charge on any atom is 0.244 e. The van der Waals surface area contributed by atoms with Crippen LogP contribution in [0.5, 0.6) is 0 Å². The Bertz CT molecular complexity index is 1220. The van der Waals surface area contributed by atoms with Crippen molar-refractivity contribution in [3.05, 3.63) is 11.6 Å². The molecule has 7 heteroatoms. The van der Waals surface area contributed by atoms with Crippen LogP contribution in [0.25, 0.3) is 0 Å². The first kappa shape index (κ1) is 36.0. The molecule has 5 aliphatic carbocycles. The van der Waals surface area contributed by atoms with Crippen LogP contribution >= 0.6 is 0 Å². The van der Waals surface area contributed by atoms with Crippen molar-refractivity contribution in [2.75, 3.05) is 44.8 Å². The third-order valence-corrected chi connectivity index (χ3v) is 17.5. The zero-order chi connectivity index (χ0) is 33.9. The smallest absolute Gasteiger partial charge is 0.244 e. The van der Waals surface area contributed by atoms with Crippen LogP contribution in [0.4, 0.5) is 0 Å².